The van der Waals surface area contributed by atoms with Crippen molar-refractivity contribution in [3.8, 4) is 0 Å². The number of ether oxygens (including phenoxy) is 1. The van der Waals surface area contributed by atoms with Crippen molar-refractivity contribution in [1.29, 1.82) is 0 Å². The molecular weight excluding hydrogens is 541 g/mol. The topological polar surface area (TPSA) is 111 Å². The van der Waals surface area contributed by atoms with Gasteiger partial charge in [0.15, 0.2) is 6.10 Å². The van der Waals surface area contributed by atoms with Crippen molar-refractivity contribution in [2.45, 2.75) is 25.9 Å². The summed E-state index contributed by atoms with van der Waals surface area (Å²) in [6, 6.07) is 18.3. The lowest BCUT2D eigenvalue weighted by Gasteiger charge is -2.16. The molecule has 0 spiro atoms. The lowest BCUT2D eigenvalue weighted by Crippen LogP contribution is -2.30. The van der Waals surface area contributed by atoms with Gasteiger partial charge in [0.1, 0.15) is 5.69 Å². The molecule has 1 atom stereocenters. The Morgan fingerprint density at radius 2 is 1.79 bits per heavy atom. The predicted molar refractivity (Wildman–Crippen MR) is 151 cm³/mol. The van der Waals surface area contributed by atoms with Crippen LogP contribution in [0.1, 0.15) is 40.5 Å². The SMILES string of the molecule is C[C@H](OC(=O)c1c2c(nc3ccccc13)/C(=C\c1ccc(Cl)c(Cl)c1)CC2)C(=O)Nc1ccccc1[N+](=O)[O-]. The quantitative estimate of drug-likeness (QED) is 0.152. The van der Waals surface area contributed by atoms with E-state index in [4.69, 9.17) is 32.9 Å². The number of pyridine rings is 1. The summed E-state index contributed by atoms with van der Waals surface area (Å²) in [5, 5.41) is 15.3. The van der Waals surface area contributed by atoms with Crippen molar-refractivity contribution in [2.75, 3.05) is 5.32 Å². The molecule has 3 aromatic carbocycles. The van der Waals surface area contributed by atoms with Gasteiger partial charge in [0.25, 0.3) is 11.6 Å². The number of nitrogens with zero attached hydrogens (tertiary/aromatic N) is 2. The Labute approximate surface area is 233 Å². The van der Waals surface area contributed by atoms with Gasteiger partial charge in [0, 0.05) is 11.5 Å². The number of allylic oxidation sites excluding steroid dienone is 1. The van der Waals surface area contributed by atoms with E-state index in [-0.39, 0.29) is 11.4 Å². The van der Waals surface area contributed by atoms with Gasteiger partial charge in [0.2, 0.25) is 0 Å². The fraction of sp³-hybridized carbons (Fsp3) is 0.138. The number of aromatic nitrogens is 1. The molecule has 0 saturated carbocycles. The van der Waals surface area contributed by atoms with Gasteiger partial charge in [-0.2, -0.15) is 0 Å². The monoisotopic (exact) mass is 561 g/mol. The van der Waals surface area contributed by atoms with E-state index in [1.54, 1.807) is 30.3 Å². The average Bonchev–Trinajstić information content (AvgIpc) is 3.31. The van der Waals surface area contributed by atoms with E-state index in [2.05, 4.69) is 5.32 Å². The number of hydrogen-bond acceptors (Lipinski definition) is 6. The molecule has 0 radical (unpaired) electrons. The van der Waals surface area contributed by atoms with Gasteiger partial charge in [-0.25, -0.2) is 9.78 Å². The Bertz CT molecular complexity index is 1690. The van der Waals surface area contributed by atoms with Crippen LogP contribution in [0.3, 0.4) is 0 Å². The molecule has 0 aliphatic heterocycles. The Morgan fingerprint density at radius 1 is 1.05 bits per heavy atom. The number of para-hydroxylation sites is 3. The van der Waals surface area contributed by atoms with Crippen LogP contribution in [0.25, 0.3) is 22.6 Å². The molecule has 1 aliphatic carbocycles. The summed E-state index contributed by atoms with van der Waals surface area (Å²) in [7, 11) is 0. The van der Waals surface area contributed by atoms with Crippen LogP contribution < -0.4 is 5.32 Å². The zero-order chi connectivity index (χ0) is 27.7. The molecule has 1 aliphatic rings. The maximum absolute atomic E-state index is 13.5. The fourth-order valence-corrected chi connectivity index (χ4v) is 4.87. The molecule has 1 heterocycles. The molecule has 10 heteroatoms. The highest BCUT2D eigenvalue weighted by molar-refractivity contribution is 6.42. The van der Waals surface area contributed by atoms with Crippen LogP contribution in [0.4, 0.5) is 11.4 Å². The lowest BCUT2D eigenvalue weighted by atomic mass is 10.0. The van der Waals surface area contributed by atoms with Crippen molar-refractivity contribution in [2.24, 2.45) is 0 Å². The second-order valence-corrected chi connectivity index (χ2v) is 9.80. The van der Waals surface area contributed by atoms with Gasteiger partial charge in [-0.1, -0.05) is 59.6 Å². The number of esters is 1. The number of carbonyl (C=O) groups is 2. The summed E-state index contributed by atoms with van der Waals surface area (Å²) in [5.74, 6) is -1.36. The molecule has 0 bridgehead atoms. The Hall–Kier alpha value is -4.27. The smallest absolute Gasteiger partial charge is 0.339 e. The number of fused-ring (bicyclic) bond motifs is 2. The van der Waals surface area contributed by atoms with Crippen LogP contribution in [0, 0.1) is 10.1 Å². The molecule has 0 unspecified atom stereocenters. The van der Waals surface area contributed by atoms with Gasteiger partial charge >= 0.3 is 5.97 Å². The highest BCUT2D eigenvalue weighted by atomic mass is 35.5. The summed E-state index contributed by atoms with van der Waals surface area (Å²) in [4.78, 5) is 41.9. The van der Waals surface area contributed by atoms with Crippen LogP contribution in [0.5, 0.6) is 0 Å². The number of carbonyl (C=O) groups excluding carboxylic acids is 2. The van der Waals surface area contributed by atoms with Crippen LogP contribution in [0.15, 0.2) is 66.7 Å². The van der Waals surface area contributed by atoms with Gasteiger partial charge in [-0.3, -0.25) is 14.9 Å². The normalized spacial score (nSPS) is 14.2. The van der Waals surface area contributed by atoms with E-state index >= 15 is 0 Å². The largest absolute Gasteiger partial charge is 0.449 e. The van der Waals surface area contributed by atoms with E-state index in [9.17, 15) is 19.7 Å². The first kappa shape index (κ1) is 26.3. The van der Waals surface area contributed by atoms with E-state index in [1.807, 2.05) is 24.3 Å². The van der Waals surface area contributed by atoms with Crippen LogP contribution >= 0.6 is 23.2 Å². The van der Waals surface area contributed by atoms with Crippen molar-refractivity contribution in [1.82, 2.24) is 4.98 Å². The van der Waals surface area contributed by atoms with Gasteiger partial charge in [-0.15, -0.1) is 0 Å². The average molecular weight is 562 g/mol. The number of rotatable bonds is 6. The van der Waals surface area contributed by atoms with Gasteiger partial charge in [0.05, 0.1) is 31.7 Å². The van der Waals surface area contributed by atoms with Crippen LogP contribution in [0.2, 0.25) is 10.0 Å². The molecule has 1 N–H and O–H groups in total. The highest BCUT2D eigenvalue weighted by Gasteiger charge is 2.30. The molecule has 1 aromatic heterocycles. The van der Waals surface area contributed by atoms with E-state index < -0.39 is 22.9 Å². The van der Waals surface area contributed by atoms with Crippen molar-refractivity contribution >= 4 is 69.0 Å². The standard InChI is InChI=1S/C29H21Cl2N3O5/c1-16(28(35)33-24-8-4-5-9-25(24)34(37)38)39-29(36)26-19-6-2-3-7-23(19)32-27-18(11-12-20(26)27)14-17-10-13-21(30)22(31)15-17/h2-10,13-16H,11-12H2,1H3,(H,33,35)/b18-14-/t16-/m0/s1. The molecule has 1 amide bonds. The first-order valence-electron chi connectivity index (χ1n) is 12.1. The van der Waals surface area contributed by atoms with Crippen LogP contribution in [-0.2, 0) is 16.0 Å². The maximum atomic E-state index is 13.5. The second kappa shape index (κ2) is 10.8. The first-order chi connectivity index (χ1) is 18.7. The minimum atomic E-state index is -1.22. The number of halogens is 2. The second-order valence-electron chi connectivity index (χ2n) is 8.99. The number of nitrogens with one attached hydrogen (secondary N) is 1. The molecule has 39 heavy (non-hydrogen) atoms. The highest BCUT2D eigenvalue weighted by Crippen LogP contribution is 2.38. The molecular formula is C29H21Cl2N3O5. The zero-order valence-corrected chi connectivity index (χ0v) is 22.1. The Balaban J connectivity index is 1.46. The molecule has 8 nitrogen and oxygen atoms in total. The minimum Gasteiger partial charge on any atom is -0.449 e. The van der Waals surface area contributed by atoms with Crippen molar-refractivity contribution in [3.63, 3.8) is 0 Å². The van der Waals surface area contributed by atoms with E-state index in [1.165, 1.54) is 25.1 Å². The number of benzene rings is 3. The predicted octanol–water partition coefficient (Wildman–Crippen LogP) is 7.12. The first-order valence-corrected chi connectivity index (χ1v) is 12.8. The summed E-state index contributed by atoms with van der Waals surface area (Å²) >= 11 is 12.2. The van der Waals surface area contributed by atoms with Crippen molar-refractivity contribution < 1.29 is 19.2 Å². The third-order valence-corrected chi connectivity index (χ3v) is 7.18. The number of nitro benzene ring substituents is 1. The molecule has 0 fully saturated rings. The third kappa shape index (κ3) is 5.34. The number of nitro groups is 1. The minimum absolute atomic E-state index is 0.0164. The fourth-order valence-electron chi connectivity index (χ4n) is 4.56. The maximum Gasteiger partial charge on any atom is 0.339 e. The number of anilines is 1. The van der Waals surface area contributed by atoms with Crippen LogP contribution in [-0.4, -0.2) is 27.9 Å². The molecule has 196 valence electrons. The third-order valence-electron chi connectivity index (χ3n) is 6.44. The van der Waals surface area contributed by atoms with E-state index in [0.29, 0.717) is 45.0 Å². The summed E-state index contributed by atoms with van der Waals surface area (Å²) < 4.78 is 5.59. The molecule has 4 aromatic rings. The summed E-state index contributed by atoms with van der Waals surface area (Å²) in [5.41, 5.74) is 3.92. The zero-order valence-electron chi connectivity index (χ0n) is 20.6. The number of amides is 1. The van der Waals surface area contributed by atoms with Crippen molar-refractivity contribution in [3.05, 3.63) is 109 Å². The summed E-state index contributed by atoms with van der Waals surface area (Å²) in [6.07, 6.45) is 1.95. The Morgan fingerprint density at radius 3 is 2.56 bits per heavy atom. The van der Waals surface area contributed by atoms with E-state index in [0.717, 1.165) is 16.7 Å². The Kier molecular flexibility index (Phi) is 7.32. The summed E-state index contributed by atoms with van der Waals surface area (Å²) in [6.45, 7) is 1.42. The number of hydrogen-bond donors (Lipinski definition) is 1. The van der Waals surface area contributed by atoms with Gasteiger partial charge in [-0.05, 0) is 66.8 Å². The molecule has 0 saturated heterocycles. The van der Waals surface area contributed by atoms with Gasteiger partial charge < -0.3 is 10.1 Å². The molecule has 5 rings (SSSR count). The lowest BCUT2D eigenvalue weighted by molar-refractivity contribution is -0.383.